The van der Waals surface area contributed by atoms with Gasteiger partial charge in [-0.2, -0.15) is 0 Å². The van der Waals surface area contributed by atoms with E-state index in [0.29, 0.717) is 31.0 Å². The number of carbonyl (C=O) groups is 1. The van der Waals surface area contributed by atoms with E-state index >= 15 is 0 Å². The molecule has 0 atom stereocenters. The van der Waals surface area contributed by atoms with Crippen molar-refractivity contribution in [2.24, 2.45) is 0 Å². The molecule has 0 saturated carbocycles. The first-order valence-electron chi connectivity index (χ1n) is 6.36. The van der Waals surface area contributed by atoms with Gasteiger partial charge in [0, 0.05) is 19.6 Å². The highest BCUT2D eigenvalue weighted by atomic mass is 32.2. The molecule has 0 unspecified atom stereocenters. The molecule has 7 nitrogen and oxygen atoms in total. The zero-order valence-corrected chi connectivity index (χ0v) is 12.5. The second kappa shape index (κ2) is 7.81. The molecule has 1 heterocycles. The van der Waals surface area contributed by atoms with E-state index in [1.807, 2.05) is 6.92 Å². The van der Waals surface area contributed by atoms with Crippen molar-refractivity contribution in [1.82, 2.24) is 15.0 Å². The third-order valence-electron chi connectivity index (χ3n) is 2.34. The molecule has 0 bridgehead atoms. The molecule has 0 aromatic carbocycles. The molecule has 1 rings (SSSR count). The minimum atomic E-state index is -3.17. The Morgan fingerprint density at radius 2 is 2.05 bits per heavy atom. The molecule has 8 heteroatoms. The maximum atomic E-state index is 11.8. The van der Waals surface area contributed by atoms with Crippen LogP contribution in [0.4, 0.5) is 5.82 Å². The maximum absolute atomic E-state index is 11.8. The number of hydrogen-bond donors (Lipinski definition) is 3. The van der Waals surface area contributed by atoms with Gasteiger partial charge >= 0.3 is 0 Å². The van der Waals surface area contributed by atoms with Crippen LogP contribution in [0.15, 0.2) is 18.2 Å². The van der Waals surface area contributed by atoms with Crippen LogP contribution < -0.4 is 15.4 Å². The van der Waals surface area contributed by atoms with Crippen molar-refractivity contribution in [3.8, 4) is 0 Å². The predicted molar refractivity (Wildman–Crippen MR) is 78.2 cm³/mol. The van der Waals surface area contributed by atoms with E-state index in [2.05, 4.69) is 20.3 Å². The number of anilines is 1. The van der Waals surface area contributed by atoms with Crippen LogP contribution >= 0.6 is 0 Å². The van der Waals surface area contributed by atoms with Crippen molar-refractivity contribution in [3.05, 3.63) is 23.9 Å². The van der Waals surface area contributed by atoms with Gasteiger partial charge in [-0.3, -0.25) is 4.79 Å². The number of sulfonamides is 1. The predicted octanol–water partition coefficient (Wildman–Crippen LogP) is 0.183. The number of pyridine rings is 1. The summed E-state index contributed by atoms with van der Waals surface area (Å²) in [6.45, 7) is 3.36. The fourth-order valence-corrected chi connectivity index (χ4v) is 1.99. The summed E-state index contributed by atoms with van der Waals surface area (Å²) in [5.41, 5.74) is 0.333. The Hall–Kier alpha value is -1.67. The number of rotatable bonds is 8. The molecule has 0 spiro atoms. The average Bonchev–Trinajstić information content (AvgIpc) is 2.37. The molecule has 20 heavy (non-hydrogen) atoms. The average molecular weight is 300 g/mol. The lowest BCUT2D eigenvalue weighted by molar-refractivity contribution is 0.0948. The summed E-state index contributed by atoms with van der Waals surface area (Å²) in [6, 6.07) is 5.17. The minimum Gasteiger partial charge on any atom is -0.370 e. The van der Waals surface area contributed by atoms with Crippen LogP contribution in [0, 0.1) is 0 Å². The number of amides is 1. The molecular weight excluding hydrogens is 280 g/mol. The number of nitrogens with one attached hydrogen (secondary N) is 3. The molecule has 0 saturated heterocycles. The van der Waals surface area contributed by atoms with Crippen LogP contribution in [0.5, 0.6) is 0 Å². The molecule has 1 aromatic rings. The van der Waals surface area contributed by atoms with Gasteiger partial charge in [0.25, 0.3) is 5.91 Å². The Morgan fingerprint density at radius 1 is 1.30 bits per heavy atom. The van der Waals surface area contributed by atoms with E-state index in [0.717, 1.165) is 12.8 Å². The second-order valence-electron chi connectivity index (χ2n) is 4.21. The molecule has 1 aromatic heterocycles. The van der Waals surface area contributed by atoms with E-state index in [-0.39, 0.29) is 5.91 Å². The van der Waals surface area contributed by atoms with Gasteiger partial charge in [0.05, 0.1) is 6.26 Å². The van der Waals surface area contributed by atoms with Crippen LogP contribution in [-0.2, 0) is 10.0 Å². The van der Waals surface area contributed by atoms with Gasteiger partial charge in [0.15, 0.2) is 0 Å². The van der Waals surface area contributed by atoms with Crippen LogP contribution in [-0.4, -0.2) is 45.2 Å². The first-order valence-corrected chi connectivity index (χ1v) is 8.25. The highest BCUT2D eigenvalue weighted by Gasteiger charge is 2.07. The van der Waals surface area contributed by atoms with Crippen molar-refractivity contribution < 1.29 is 13.2 Å². The number of aromatic nitrogens is 1. The first-order chi connectivity index (χ1) is 9.42. The molecule has 0 aliphatic carbocycles. The fourth-order valence-electron chi connectivity index (χ4n) is 1.48. The Kier molecular flexibility index (Phi) is 6.40. The Morgan fingerprint density at radius 3 is 2.70 bits per heavy atom. The number of carbonyl (C=O) groups excluding carboxylic acids is 1. The summed E-state index contributed by atoms with van der Waals surface area (Å²) in [6.07, 6.45) is 1.62. The molecule has 0 aliphatic heterocycles. The van der Waals surface area contributed by atoms with Crippen molar-refractivity contribution in [3.63, 3.8) is 0 Å². The lowest BCUT2D eigenvalue weighted by Gasteiger charge is -2.07. The highest BCUT2D eigenvalue weighted by molar-refractivity contribution is 7.88. The number of nitrogens with zero attached hydrogens (tertiary/aromatic N) is 1. The molecule has 3 N–H and O–H groups in total. The summed E-state index contributed by atoms with van der Waals surface area (Å²) in [5.74, 6) is 0.378. The van der Waals surface area contributed by atoms with Crippen molar-refractivity contribution in [1.29, 1.82) is 0 Å². The first kappa shape index (κ1) is 16.4. The third kappa shape index (κ3) is 6.48. The minimum absolute atomic E-state index is 0.274. The summed E-state index contributed by atoms with van der Waals surface area (Å²) in [5, 5.41) is 5.72. The molecule has 0 radical (unpaired) electrons. The van der Waals surface area contributed by atoms with Gasteiger partial charge in [-0.05, 0) is 25.5 Å². The van der Waals surface area contributed by atoms with E-state index in [9.17, 15) is 13.2 Å². The standard InChI is InChI=1S/C12H20N4O3S/c1-3-13-11-7-4-6-10(16-11)12(17)14-8-5-9-15-20(2,18)19/h4,6-7,15H,3,5,8-9H2,1-2H3,(H,13,16)(H,14,17). The van der Waals surface area contributed by atoms with Gasteiger partial charge in [0.1, 0.15) is 11.5 Å². The van der Waals surface area contributed by atoms with Gasteiger partial charge in [-0.15, -0.1) is 0 Å². The van der Waals surface area contributed by atoms with Crippen molar-refractivity contribution in [2.75, 3.05) is 31.2 Å². The Bertz CT molecular complexity index is 545. The van der Waals surface area contributed by atoms with Gasteiger partial charge in [0.2, 0.25) is 10.0 Å². The molecule has 0 aliphatic rings. The maximum Gasteiger partial charge on any atom is 0.269 e. The van der Waals surface area contributed by atoms with E-state index < -0.39 is 10.0 Å². The van der Waals surface area contributed by atoms with Crippen LogP contribution in [0.1, 0.15) is 23.8 Å². The quantitative estimate of drug-likeness (QED) is 0.595. The van der Waals surface area contributed by atoms with Crippen molar-refractivity contribution >= 4 is 21.7 Å². The van der Waals surface area contributed by atoms with Gasteiger partial charge < -0.3 is 10.6 Å². The van der Waals surface area contributed by atoms with Crippen LogP contribution in [0.25, 0.3) is 0 Å². The largest absolute Gasteiger partial charge is 0.370 e. The van der Waals surface area contributed by atoms with E-state index in [1.54, 1.807) is 18.2 Å². The molecule has 0 fully saturated rings. The van der Waals surface area contributed by atoms with Gasteiger partial charge in [-0.25, -0.2) is 18.1 Å². The summed E-state index contributed by atoms with van der Waals surface area (Å²) in [7, 11) is -3.17. The summed E-state index contributed by atoms with van der Waals surface area (Å²) < 4.78 is 24.0. The van der Waals surface area contributed by atoms with E-state index in [4.69, 9.17) is 0 Å². The van der Waals surface area contributed by atoms with Crippen molar-refractivity contribution in [2.45, 2.75) is 13.3 Å². The highest BCUT2D eigenvalue weighted by Crippen LogP contribution is 2.04. The summed E-state index contributed by atoms with van der Waals surface area (Å²) >= 11 is 0. The summed E-state index contributed by atoms with van der Waals surface area (Å²) in [4.78, 5) is 16.0. The lowest BCUT2D eigenvalue weighted by Crippen LogP contribution is -2.29. The number of hydrogen-bond acceptors (Lipinski definition) is 5. The van der Waals surface area contributed by atoms with E-state index in [1.165, 1.54) is 0 Å². The fraction of sp³-hybridized carbons (Fsp3) is 0.500. The Balaban J connectivity index is 2.37. The third-order valence-corrected chi connectivity index (χ3v) is 3.07. The zero-order valence-electron chi connectivity index (χ0n) is 11.6. The SMILES string of the molecule is CCNc1cccc(C(=O)NCCCNS(C)(=O)=O)n1. The monoisotopic (exact) mass is 300 g/mol. The normalized spacial score (nSPS) is 11.1. The second-order valence-corrected chi connectivity index (χ2v) is 6.05. The molecule has 1 amide bonds. The van der Waals surface area contributed by atoms with Gasteiger partial charge in [-0.1, -0.05) is 6.07 Å². The molecule has 112 valence electrons. The lowest BCUT2D eigenvalue weighted by atomic mass is 10.3. The van der Waals surface area contributed by atoms with Crippen LogP contribution in [0.2, 0.25) is 0 Å². The smallest absolute Gasteiger partial charge is 0.269 e. The molecular formula is C12H20N4O3S. The zero-order chi connectivity index (χ0) is 15.0. The Labute approximate surface area is 119 Å². The topological polar surface area (TPSA) is 100 Å². The van der Waals surface area contributed by atoms with Crippen LogP contribution in [0.3, 0.4) is 0 Å².